The lowest BCUT2D eigenvalue weighted by Gasteiger charge is -2.18. The number of nitrogens with zero attached hydrogens (tertiary/aromatic N) is 2. The third-order valence-corrected chi connectivity index (χ3v) is 4.86. The minimum absolute atomic E-state index is 0.283. The molecule has 1 saturated carbocycles. The number of hydrogen-bond donors (Lipinski definition) is 1. The van der Waals surface area contributed by atoms with Crippen molar-refractivity contribution in [3.05, 3.63) is 16.4 Å². The molecule has 4 heteroatoms. The molecule has 0 aromatic carbocycles. The highest BCUT2D eigenvalue weighted by atomic mass is 35.5. The predicted molar refractivity (Wildman–Crippen MR) is 73.8 cm³/mol. The maximum Gasteiger partial charge on any atom is 0.0847 e. The smallest absolute Gasteiger partial charge is 0.0847 e. The number of aryl methyl sites for hydroxylation is 2. The van der Waals surface area contributed by atoms with Gasteiger partial charge in [0, 0.05) is 13.5 Å². The quantitative estimate of drug-likeness (QED) is 0.913. The summed E-state index contributed by atoms with van der Waals surface area (Å²) in [5, 5.41) is 15.4. The molecule has 1 N–H and O–H groups in total. The molecule has 18 heavy (non-hydrogen) atoms. The first kappa shape index (κ1) is 13.9. The molecule has 0 saturated heterocycles. The SMILES string of the molecule is CCC1CCC(C(O)Cc2c(Cl)c(C)nn2C)C1. The molecule has 3 atom stereocenters. The van der Waals surface area contributed by atoms with E-state index in [-0.39, 0.29) is 6.10 Å². The first-order valence-electron chi connectivity index (χ1n) is 6.89. The van der Waals surface area contributed by atoms with Gasteiger partial charge in [0.1, 0.15) is 0 Å². The molecular formula is C14H23ClN2O. The van der Waals surface area contributed by atoms with E-state index in [0.29, 0.717) is 17.4 Å². The molecule has 0 amide bonds. The zero-order valence-corrected chi connectivity index (χ0v) is 12.2. The summed E-state index contributed by atoms with van der Waals surface area (Å²) in [7, 11) is 1.89. The van der Waals surface area contributed by atoms with E-state index in [1.807, 2.05) is 14.0 Å². The van der Waals surface area contributed by atoms with E-state index in [4.69, 9.17) is 11.6 Å². The first-order chi connectivity index (χ1) is 8.52. The summed E-state index contributed by atoms with van der Waals surface area (Å²) in [5.41, 5.74) is 1.81. The Morgan fingerprint density at radius 2 is 2.22 bits per heavy atom. The molecular weight excluding hydrogens is 248 g/mol. The van der Waals surface area contributed by atoms with E-state index >= 15 is 0 Å². The number of aliphatic hydroxyl groups excluding tert-OH is 1. The van der Waals surface area contributed by atoms with Crippen molar-refractivity contribution in [2.75, 3.05) is 0 Å². The van der Waals surface area contributed by atoms with Crippen LogP contribution in [0.3, 0.4) is 0 Å². The number of hydrogen-bond acceptors (Lipinski definition) is 2. The van der Waals surface area contributed by atoms with Crippen molar-refractivity contribution >= 4 is 11.6 Å². The van der Waals surface area contributed by atoms with E-state index in [0.717, 1.165) is 30.1 Å². The Hall–Kier alpha value is -0.540. The highest BCUT2D eigenvalue weighted by molar-refractivity contribution is 6.31. The van der Waals surface area contributed by atoms with Crippen LogP contribution >= 0.6 is 11.6 Å². The van der Waals surface area contributed by atoms with Gasteiger partial charge in [0.05, 0.1) is 22.5 Å². The molecule has 102 valence electrons. The highest BCUT2D eigenvalue weighted by Gasteiger charge is 2.30. The summed E-state index contributed by atoms with van der Waals surface area (Å²) < 4.78 is 1.80. The summed E-state index contributed by atoms with van der Waals surface area (Å²) in [6.07, 6.45) is 5.14. The Bertz CT molecular complexity index is 416. The van der Waals surface area contributed by atoms with E-state index in [1.54, 1.807) is 4.68 Å². The van der Waals surface area contributed by atoms with Gasteiger partial charge in [0.25, 0.3) is 0 Å². The summed E-state index contributed by atoms with van der Waals surface area (Å²) in [4.78, 5) is 0. The van der Waals surface area contributed by atoms with Crippen LogP contribution in [0.15, 0.2) is 0 Å². The van der Waals surface area contributed by atoms with Crippen LogP contribution in [0.4, 0.5) is 0 Å². The fourth-order valence-corrected chi connectivity index (χ4v) is 3.34. The normalized spacial score (nSPS) is 25.6. The second-order valence-electron chi connectivity index (χ2n) is 5.59. The van der Waals surface area contributed by atoms with E-state index in [9.17, 15) is 5.11 Å². The van der Waals surface area contributed by atoms with Crippen LogP contribution in [-0.4, -0.2) is 21.0 Å². The lowest BCUT2D eigenvalue weighted by Crippen LogP contribution is -2.22. The second-order valence-corrected chi connectivity index (χ2v) is 5.97. The van der Waals surface area contributed by atoms with Gasteiger partial charge in [-0.05, 0) is 31.6 Å². The maximum atomic E-state index is 10.4. The molecule has 1 fully saturated rings. The Morgan fingerprint density at radius 3 is 2.72 bits per heavy atom. The van der Waals surface area contributed by atoms with Crippen LogP contribution in [0.2, 0.25) is 5.02 Å². The third kappa shape index (κ3) is 2.72. The van der Waals surface area contributed by atoms with Crippen molar-refractivity contribution in [1.29, 1.82) is 0 Å². The minimum Gasteiger partial charge on any atom is -0.392 e. The minimum atomic E-state index is -0.283. The van der Waals surface area contributed by atoms with Crippen LogP contribution in [0.1, 0.15) is 44.0 Å². The van der Waals surface area contributed by atoms with Gasteiger partial charge in [-0.3, -0.25) is 4.68 Å². The largest absolute Gasteiger partial charge is 0.392 e. The average Bonchev–Trinajstić information content (AvgIpc) is 2.90. The Labute approximate surface area is 114 Å². The number of aromatic nitrogens is 2. The van der Waals surface area contributed by atoms with Crippen molar-refractivity contribution in [2.45, 2.75) is 52.1 Å². The first-order valence-corrected chi connectivity index (χ1v) is 7.26. The second kappa shape index (κ2) is 5.62. The van der Waals surface area contributed by atoms with Crippen LogP contribution < -0.4 is 0 Å². The summed E-state index contributed by atoms with van der Waals surface area (Å²) in [5.74, 6) is 1.23. The average molecular weight is 271 g/mol. The Morgan fingerprint density at radius 1 is 1.50 bits per heavy atom. The molecule has 3 nitrogen and oxygen atoms in total. The van der Waals surface area contributed by atoms with Gasteiger partial charge in [-0.1, -0.05) is 31.4 Å². The van der Waals surface area contributed by atoms with Gasteiger partial charge < -0.3 is 5.11 Å². The molecule has 0 radical (unpaired) electrons. The highest BCUT2D eigenvalue weighted by Crippen LogP contribution is 2.36. The zero-order valence-electron chi connectivity index (χ0n) is 11.5. The van der Waals surface area contributed by atoms with E-state index in [2.05, 4.69) is 12.0 Å². The lowest BCUT2D eigenvalue weighted by molar-refractivity contribution is 0.106. The summed E-state index contributed by atoms with van der Waals surface area (Å²) in [6, 6.07) is 0. The maximum absolute atomic E-state index is 10.4. The molecule has 2 rings (SSSR count). The predicted octanol–water partition coefficient (Wildman–Crippen LogP) is 3.11. The molecule has 0 spiro atoms. The summed E-state index contributed by atoms with van der Waals surface area (Å²) in [6.45, 7) is 4.14. The topological polar surface area (TPSA) is 38.1 Å². The van der Waals surface area contributed by atoms with Crippen molar-refractivity contribution in [2.24, 2.45) is 18.9 Å². The number of aliphatic hydroxyl groups is 1. The van der Waals surface area contributed by atoms with E-state index in [1.165, 1.54) is 12.8 Å². The molecule has 3 unspecified atom stereocenters. The number of rotatable bonds is 4. The zero-order chi connectivity index (χ0) is 13.3. The summed E-state index contributed by atoms with van der Waals surface area (Å²) >= 11 is 6.23. The van der Waals surface area contributed by atoms with E-state index < -0.39 is 0 Å². The molecule has 1 aromatic heterocycles. The van der Waals surface area contributed by atoms with Gasteiger partial charge in [-0.15, -0.1) is 0 Å². The molecule has 1 aliphatic rings. The Kier molecular flexibility index (Phi) is 4.33. The van der Waals surface area contributed by atoms with Gasteiger partial charge in [-0.2, -0.15) is 5.10 Å². The molecule has 1 aromatic rings. The fraction of sp³-hybridized carbons (Fsp3) is 0.786. The van der Waals surface area contributed by atoms with Crippen LogP contribution in [0.5, 0.6) is 0 Å². The van der Waals surface area contributed by atoms with Crippen LogP contribution in [0.25, 0.3) is 0 Å². The fourth-order valence-electron chi connectivity index (χ4n) is 3.10. The molecule has 1 heterocycles. The molecule has 1 aliphatic carbocycles. The lowest BCUT2D eigenvalue weighted by atomic mass is 9.95. The van der Waals surface area contributed by atoms with Crippen molar-refractivity contribution in [3.8, 4) is 0 Å². The third-order valence-electron chi connectivity index (χ3n) is 4.37. The standard InChI is InChI=1S/C14H23ClN2O/c1-4-10-5-6-11(7-10)13(18)8-12-14(15)9(2)16-17(12)3/h10-11,13,18H,4-8H2,1-3H3. The Balaban J connectivity index is 2.01. The monoisotopic (exact) mass is 270 g/mol. The van der Waals surface area contributed by atoms with Crippen molar-refractivity contribution < 1.29 is 5.11 Å². The van der Waals surface area contributed by atoms with Gasteiger partial charge in [0.15, 0.2) is 0 Å². The van der Waals surface area contributed by atoms with Crippen molar-refractivity contribution in [1.82, 2.24) is 9.78 Å². The van der Waals surface area contributed by atoms with Crippen LogP contribution in [-0.2, 0) is 13.5 Å². The molecule has 0 bridgehead atoms. The number of halogens is 1. The van der Waals surface area contributed by atoms with Gasteiger partial charge >= 0.3 is 0 Å². The van der Waals surface area contributed by atoms with Crippen LogP contribution in [0, 0.1) is 18.8 Å². The molecule has 0 aliphatic heterocycles. The van der Waals surface area contributed by atoms with Gasteiger partial charge in [-0.25, -0.2) is 0 Å². The van der Waals surface area contributed by atoms with Gasteiger partial charge in [0.2, 0.25) is 0 Å². The van der Waals surface area contributed by atoms with Crippen molar-refractivity contribution in [3.63, 3.8) is 0 Å².